The van der Waals surface area contributed by atoms with Crippen molar-refractivity contribution in [3.05, 3.63) is 34.4 Å². The van der Waals surface area contributed by atoms with E-state index in [1.54, 1.807) is 13.8 Å². The van der Waals surface area contributed by atoms with Crippen LogP contribution in [0.5, 0.6) is 0 Å². The van der Waals surface area contributed by atoms with Gasteiger partial charge >= 0.3 is 5.97 Å². The van der Waals surface area contributed by atoms with Gasteiger partial charge in [0.1, 0.15) is 12.4 Å². The van der Waals surface area contributed by atoms with Crippen LogP contribution in [0.4, 0.5) is 0 Å². The molecular formula is C19H26O3. The molecule has 0 saturated carbocycles. The van der Waals surface area contributed by atoms with Crippen molar-refractivity contribution in [2.24, 2.45) is 11.3 Å². The minimum atomic E-state index is -0.301. The number of ether oxygens (including phenoxy) is 1. The molecule has 3 heteroatoms. The van der Waals surface area contributed by atoms with E-state index in [0.29, 0.717) is 11.1 Å². The van der Waals surface area contributed by atoms with Gasteiger partial charge in [0.25, 0.3) is 0 Å². The van der Waals surface area contributed by atoms with Gasteiger partial charge in [0.2, 0.25) is 0 Å². The highest BCUT2D eigenvalue weighted by molar-refractivity contribution is 5.90. The SMILES string of the molecule is CC(C=O)=CC(C1=C(C)CCCC1(C)C)C1C=C(C)C(=O)O1. The molecular weight excluding hydrogens is 276 g/mol. The molecule has 1 aliphatic heterocycles. The Bertz CT molecular complexity index is 575. The smallest absolute Gasteiger partial charge is 0.334 e. The lowest BCUT2D eigenvalue weighted by Crippen LogP contribution is -2.32. The van der Waals surface area contributed by atoms with Gasteiger partial charge in [-0.05, 0) is 57.1 Å². The molecule has 2 unspecified atom stereocenters. The van der Waals surface area contributed by atoms with E-state index in [2.05, 4.69) is 20.8 Å². The third-order valence-corrected chi connectivity index (χ3v) is 4.84. The summed E-state index contributed by atoms with van der Waals surface area (Å²) in [5.41, 5.74) is 4.08. The van der Waals surface area contributed by atoms with Crippen LogP contribution in [0, 0.1) is 11.3 Å². The van der Waals surface area contributed by atoms with Crippen LogP contribution in [0.25, 0.3) is 0 Å². The predicted molar refractivity (Wildman–Crippen MR) is 87.3 cm³/mol. The maximum absolute atomic E-state index is 11.8. The van der Waals surface area contributed by atoms with Crippen molar-refractivity contribution >= 4 is 12.3 Å². The van der Waals surface area contributed by atoms with E-state index in [-0.39, 0.29) is 23.4 Å². The van der Waals surface area contributed by atoms with E-state index in [1.165, 1.54) is 17.6 Å². The Morgan fingerprint density at radius 1 is 1.41 bits per heavy atom. The number of rotatable bonds is 4. The first-order valence-electron chi connectivity index (χ1n) is 7.99. The van der Waals surface area contributed by atoms with Crippen molar-refractivity contribution in [3.63, 3.8) is 0 Å². The molecule has 0 aromatic carbocycles. The van der Waals surface area contributed by atoms with Gasteiger partial charge in [0.15, 0.2) is 0 Å². The average molecular weight is 302 g/mol. The van der Waals surface area contributed by atoms with Gasteiger partial charge in [-0.3, -0.25) is 4.79 Å². The first-order chi connectivity index (χ1) is 10.3. The molecule has 0 radical (unpaired) electrons. The highest BCUT2D eigenvalue weighted by Gasteiger charge is 2.39. The van der Waals surface area contributed by atoms with E-state index < -0.39 is 0 Å². The number of carbonyl (C=O) groups excluding carboxylic acids is 2. The third-order valence-electron chi connectivity index (χ3n) is 4.84. The highest BCUT2D eigenvalue weighted by atomic mass is 16.5. The van der Waals surface area contributed by atoms with Crippen LogP contribution in [0.3, 0.4) is 0 Å². The number of esters is 1. The maximum atomic E-state index is 11.8. The summed E-state index contributed by atoms with van der Waals surface area (Å²) in [6.07, 6.45) is 7.81. The molecule has 2 rings (SSSR count). The van der Waals surface area contributed by atoms with E-state index in [1.807, 2.05) is 12.2 Å². The Kier molecular flexibility index (Phi) is 4.74. The number of hydrogen-bond acceptors (Lipinski definition) is 3. The van der Waals surface area contributed by atoms with Gasteiger partial charge in [0.05, 0.1) is 0 Å². The van der Waals surface area contributed by atoms with Crippen molar-refractivity contribution in [2.45, 2.75) is 60.0 Å². The van der Waals surface area contributed by atoms with Crippen molar-refractivity contribution in [2.75, 3.05) is 0 Å². The molecule has 22 heavy (non-hydrogen) atoms. The zero-order valence-electron chi connectivity index (χ0n) is 14.2. The van der Waals surface area contributed by atoms with Gasteiger partial charge in [0, 0.05) is 11.5 Å². The minimum absolute atomic E-state index is 0.0538. The summed E-state index contributed by atoms with van der Waals surface area (Å²) < 4.78 is 5.55. The molecule has 0 N–H and O–H groups in total. The lowest BCUT2D eigenvalue weighted by molar-refractivity contribution is -0.140. The first kappa shape index (κ1) is 16.7. The van der Waals surface area contributed by atoms with E-state index in [9.17, 15) is 9.59 Å². The zero-order valence-corrected chi connectivity index (χ0v) is 14.2. The van der Waals surface area contributed by atoms with Gasteiger partial charge in [-0.15, -0.1) is 0 Å². The van der Waals surface area contributed by atoms with Crippen LogP contribution >= 0.6 is 0 Å². The summed E-state index contributed by atoms with van der Waals surface area (Å²) in [7, 11) is 0. The van der Waals surface area contributed by atoms with Gasteiger partial charge < -0.3 is 4.74 Å². The minimum Gasteiger partial charge on any atom is -0.454 e. The molecule has 0 spiro atoms. The fourth-order valence-electron chi connectivity index (χ4n) is 3.79. The monoisotopic (exact) mass is 302 g/mol. The Balaban J connectivity index is 2.50. The number of aldehydes is 1. The van der Waals surface area contributed by atoms with Crippen molar-refractivity contribution in [3.8, 4) is 0 Å². The number of allylic oxidation sites excluding steroid dienone is 2. The fourth-order valence-corrected chi connectivity index (χ4v) is 3.79. The van der Waals surface area contributed by atoms with E-state index in [4.69, 9.17) is 4.74 Å². The molecule has 0 aromatic rings. The maximum Gasteiger partial charge on any atom is 0.334 e. The molecule has 2 aliphatic rings. The largest absolute Gasteiger partial charge is 0.454 e. The standard InChI is InChI=1S/C19H26O3/c1-12(11-20)9-15(16-10-14(3)18(21)22-16)17-13(2)7-6-8-19(17,4)5/h9-11,15-16H,6-8H2,1-5H3. The quantitative estimate of drug-likeness (QED) is 0.339. The van der Waals surface area contributed by atoms with Crippen LogP contribution in [0.15, 0.2) is 34.4 Å². The third kappa shape index (κ3) is 3.23. The van der Waals surface area contributed by atoms with Crippen molar-refractivity contribution in [1.29, 1.82) is 0 Å². The molecule has 120 valence electrons. The summed E-state index contributed by atoms with van der Waals surface area (Å²) in [5.74, 6) is -0.305. The Labute approximate surface area is 133 Å². The second kappa shape index (κ2) is 6.23. The fraction of sp³-hybridized carbons (Fsp3) is 0.579. The highest BCUT2D eigenvalue weighted by Crippen LogP contribution is 2.46. The Morgan fingerprint density at radius 3 is 2.59 bits per heavy atom. The summed E-state index contributed by atoms with van der Waals surface area (Å²) in [4.78, 5) is 22.9. The molecule has 0 amide bonds. The summed E-state index contributed by atoms with van der Waals surface area (Å²) in [5, 5.41) is 0. The van der Waals surface area contributed by atoms with Gasteiger partial charge in [-0.2, -0.15) is 0 Å². The number of cyclic esters (lactones) is 1. The topological polar surface area (TPSA) is 43.4 Å². The van der Waals surface area contributed by atoms with E-state index in [0.717, 1.165) is 19.1 Å². The Morgan fingerprint density at radius 2 is 2.09 bits per heavy atom. The summed E-state index contributed by atoms with van der Waals surface area (Å²) in [6, 6.07) is 0. The molecule has 2 atom stereocenters. The number of hydrogen-bond donors (Lipinski definition) is 0. The predicted octanol–water partition coefficient (Wildman–Crippen LogP) is 4.15. The number of carbonyl (C=O) groups is 2. The van der Waals surface area contributed by atoms with E-state index >= 15 is 0 Å². The normalized spacial score (nSPS) is 26.6. The molecule has 0 bridgehead atoms. The van der Waals surface area contributed by atoms with Crippen LogP contribution in [0.2, 0.25) is 0 Å². The summed E-state index contributed by atoms with van der Waals surface area (Å²) >= 11 is 0. The summed E-state index contributed by atoms with van der Waals surface area (Å²) in [6.45, 7) is 10.2. The molecule has 0 saturated heterocycles. The molecule has 1 heterocycles. The van der Waals surface area contributed by atoms with Crippen LogP contribution < -0.4 is 0 Å². The molecule has 0 aromatic heterocycles. The van der Waals surface area contributed by atoms with Crippen molar-refractivity contribution in [1.82, 2.24) is 0 Å². The van der Waals surface area contributed by atoms with Crippen LogP contribution in [-0.2, 0) is 14.3 Å². The van der Waals surface area contributed by atoms with Crippen molar-refractivity contribution < 1.29 is 14.3 Å². The molecule has 1 aliphatic carbocycles. The first-order valence-corrected chi connectivity index (χ1v) is 7.99. The molecule has 3 nitrogen and oxygen atoms in total. The van der Waals surface area contributed by atoms with Gasteiger partial charge in [-0.1, -0.05) is 31.1 Å². The molecule has 0 fully saturated rings. The Hall–Kier alpha value is -1.64. The van der Waals surface area contributed by atoms with Crippen LogP contribution in [0.1, 0.15) is 53.9 Å². The second-order valence-corrected chi connectivity index (χ2v) is 7.21. The van der Waals surface area contributed by atoms with Crippen LogP contribution in [-0.4, -0.2) is 18.4 Å². The average Bonchev–Trinajstić information content (AvgIpc) is 2.76. The lowest BCUT2D eigenvalue weighted by Gasteiger charge is -2.39. The van der Waals surface area contributed by atoms with Gasteiger partial charge in [-0.25, -0.2) is 4.79 Å². The second-order valence-electron chi connectivity index (χ2n) is 7.21. The lowest BCUT2D eigenvalue weighted by atomic mass is 9.66. The zero-order chi connectivity index (χ0) is 16.5.